The van der Waals surface area contributed by atoms with E-state index in [1.165, 1.54) is 12.8 Å². The molecule has 26 heavy (non-hydrogen) atoms. The molecule has 0 saturated heterocycles. The van der Waals surface area contributed by atoms with Gasteiger partial charge in [-0.15, -0.1) is 0 Å². The minimum Gasteiger partial charge on any atom is -0.352 e. The molecule has 2 N–H and O–H groups in total. The second kappa shape index (κ2) is 6.74. The van der Waals surface area contributed by atoms with Crippen molar-refractivity contribution >= 4 is 22.8 Å². The summed E-state index contributed by atoms with van der Waals surface area (Å²) in [5, 5.41) is 4.10. The van der Waals surface area contributed by atoms with E-state index in [0.717, 1.165) is 35.9 Å². The number of nitrogens with zero attached hydrogens (tertiary/aromatic N) is 2. The first-order valence-corrected chi connectivity index (χ1v) is 9.66. The maximum absolute atomic E-state index is 13.2. The van der Waals surface area contributed by atoms with Gasteiger partial charge in [-0.1, -0.05) is 33.1 Å². The number of aromatic nitrogens is 2. The molecule has 2 atom stereocenters. The number of H-pyrrole nitrogens is 1. The third-order valence-corrected chi connectivity index (χ3v) is 5.98. The predicted molar refractivity (Wildman–Crippen MR) is 99.6 cm³/mol. The van der Waals surface area contributed by atoms with Crippen LogP contribution in [0.5, 0.6) is 0 Å². The molecule has 3 heterocycles. The van der Waals surface area contributed by atoms with Crippen molar-refractivity contribution in [3.05, 3.63) is 29.6 Å². The summed E-state index contributed by atoms with van der Waals surface area (Å²) in [5.74, 6) is 0.00526. The molecule has 6 heteroatoms. The molecule has 138 valence electrons. The predicted octanol–water partition coefficient (Wildman–Crippen LogP) is 2.99. The van der Waals surface area contributed by atoms with E-state index >= 15 is 0 Å². The van der Waals surface area contributed by atoms with E-state index in [9.17, 15) is 9.59 Å². The monoisotopic (exact) mass is 354 g/mol. The second-order valence-corrected chi connectivity index (χ2v) is 7.65. The first-order valence-electron chi connectivity index (χ1n) is 9.66. The normalized spacial score (nSPS) is 19.8. The molecular formula is C20H26N4O2. The Morgan fingerprint density at radius 2 is 2.19 bits per heavy atom. The topological polar surface area (TPSA) is 78.1 Å². The molecule has 2 aliphatic rings. The van der Waals surface area contributed by atoms with Gasteiger partial charge < -0.3 is 15.2 Å². The fraction of sp³-hybridized carbons (Fsp3) is 0.550. The number of aromatic amines is 1. The molecule has 1 fully saturated rings. The molecule has 0 spiro atoms. The van der Waals surface area contributed by atoms with Gasteiger partial charge in [0.2, 0.25) is 5.91 Å². The molecule has 0 unspecified atom stereocenters. The fourth-order valence-corrected chi connectivity index (χ4v) is 4.35. The van der Waals surface area contributed by atoms with E-state index in [0.29, 0.717) is 12.1 Å². The van der Waals surface area contributed by atoms with Crippen molar-refractivity contribution in [1.29, 1.82) is 0 Å². The van der Waals surface area contributed by atoms with Crippen molar-refractivity contribution in [2.75, 3.05) is 0 Å². The summed E-state index contributed by atoms with van der Waals surface area (Å²) in [7, 11) is 0. The van der Waals surface area contributed by atoms with Gasteiger partial charge in [0, 0.05) is 30.4 Å². The van der Waals surface area contributed by atoms with Gasteiger partial charge in [0.25, 0.3) is 5.91 Å². The molecular weight excluding hydrogens is 328 g/mol. The lowest BCUT2D eigenvalue weighted by molar-refractivity contribution is -0.128. The Kier molecular flexibility index (Phi) is 4.42. The van der Waals surface area contributed by atoms with Crippen molar-refractivity contribution < 1.29 is 9.59 Å². The van der Waals surface area contributed by atoms with Gasteiger partial charge in [0.15, 0.2) is 0 Å². The second-order valence-electron chi connectivity index (χ2n) is 7.65. The minimum absolute atomic E-state index is 0.0103. The number of rotatable bonds is 5. The van der Waals surface area contributed by atoms with Gasteiger partial charge in [-0.25, -0.2) is 4.98 Å². The molecule has 1 aliphatic carbocycles. The first kappa shape index (κ1) is 17.1. The van der Waals surface area contributed by atoms with Gasteiger partial charge in [-0.3, -0.25) is 9.59 Å². The van der Waals surface area contributed by atoms with Gasteiger partial charge in [-0.2, -0.15) is 0 Å². The lowest BCUT2D eigenvalue weighted by atomic mass is 9.92. The number of carbonyl (C=O) groups excluding carboxylic acids is 2. The van der Waals surface area contributed by atoms with Crippen LogP contribution in [0.1, 0.15) is 61.9 Å². The molecule has 6 nitrogen and oxygen atoms in total. The summed E-state index contributed by atoms with van der Waals surface area (Å²) >= 11 is 0. The van der Waals surface area contributed by atoms with Gasteiger partial charge in [0.05, 0.1) is 5.56 Å². The molecule has 2 amide bonds. The Balaban J connectivity index is 1.65. The van der Waals surface area contributed by atoms with Crippen LogP contribution in [0.25, 0.3) is 11.0 Å². The highest BCUT2D eigenvalue weighted by Gasteiger charge is 2.38. The van der Waals surface area contributed by atoms with Crippen LogP contribution in [0.2, 0.25) is 0 Å². The number of hydrogen-bond donors (Lipinski definition) is 2. The largest absolute Gasteiger partial charge is 0.352 e. The SMILES string of the molecule is CC[C@@H](C)[C@H](C(=O)NC1CCCC1)N1Cc2ccnc3[nH]cc(c23)C1=O. The zero-order chi connectivity index (χ0) is 18.3. The van der Waals surface area contributed by atoms with Crippen LogP contribution in [0.4, 0.5) is 0 Å². The standard InChI is InChI=1S/C20H26N4O2/c1-3-12(2)17(19(25)23-14-6-4-5-7-14)24-11-13-8-9-21-18-16(13)15(10-22-18)20(24)26/h8-10,12,14,17H,3-7,11H2,1-2H3,(H,21,22)(H,23,25)/t12-,17-/m1/s1. The third-order valence-electron chi connectivity index (χ3n) is 5.98. The Labute approximate surface area is 153 Å². The van der Waals surface area contributed by atoms with Crippen LogP contribution in [0, 0.1) is 5.92 Å². The summed E-state index contributed by atoms with van der Waals surface area (Å²) in [4.78, 5) is 35.4. The van der Waals surface area contributed by atoms with Crippen molar-refractivity contribution in [2.24, 2.45) is 5.92 Å². The van der Waals surface area contributed by atoms with E-state index in [2.05, 4.69) is 29.1 Å². The van der Waals surface area contributed by atoms with Crippen LogP contribution in [-0.4, -0.2) is 38.8 Å². The van der Waals surface area contributed by atoms with Crippen LogP contribution >= 0.6 is 0 Å². The highest BCUT2D eigenvalue weighted by atomic mass is 16.2. The van der Waals surface area contributed by atoms with E-state index in [4.69, 9.17) is 0 Å². The third kappa shape index (κ3) is 2.77. The van der Waals surface area contributed by atoms with Crippen molar-refractivity contribution in [1.82, 2.24) is 20.2 Å². The van der Waals surface area contributed by atoms with E-state index in [1.54, 1.807) is 17.3 Å². The number of carbonyl (C=O) groups is 2. The zero-order valence-electron chi connectivity index (χ0n) is 15.4. The van der Waals surface area contributed by atoms with E-state index in [-0.39, 0.29) is 23.8 Å². The van der Waals surface area contributed by atoms with Gasteiger partial charge >= 0.3 is 0 Å². The van der Waals surface area contributed by atoms with E-state index < -0.39 is 6.04 Å². The highest BCUT2D eigenvalue weighted by molar-refractivity contribution is 6.10. The molecule has 0 radical (unpaired) electrons. The van der Waals surface area contributed by atoms with E-state index in [1.807, 2.05) is 6.07 Å². The van der Waals surface area contributed by atoms with Gasteiger partial charge in [-0.05, 0) is 30.4 Å². The Morgan fingerprint density at radius 1 is 1.42 bits per heavy atom. The molecule has 1 saturated carbocycles. The average molecular weight is 354 g/mol. The first-order chi connectivity index (χ1) is 12.6. The smallest absolute Gasteiger partial charge is 0.257 e. The van der Waals surface area contributed by atoms with Crippen molar-refractivity contribution in [3.8, 4) is 0 Å². The summed E-state index contributed by atoms with van der Waals surface area (Å²) < 4.78 is 0. The number of nitrogens with one attached hydrogen (secondary N) is 2. The maximum Gasteiger partial charge on any atom is 0.257 e. The average Bonchev–Trinajstić information content (AvgIpc) is 3.29. The van der Waals surface area contributed by atoms with Crippen LogP contribution in [0.15, 0.2) is 18.5 Å². The molecule has 1 aliphatic heterocycles. The molecule has 4 rings (SSSR count). The number of pyridine rings is 1. The summed E-state index contributed by atoms with van der Waals surface area (Å²) in [6.07, 6.45) is 8.74. The number of amides is 2. The van der Waals surface area contributed by atoms with Crippen LogP contribution < -0.4 is 5.32 Å². The Bertz CT molecular complexity index is 837. The fourth-order valence-electron chi connectivity index (χ4n) is 4.35. The van der Waals surface area contributed by atoms with Gasteiger partial charge in [0.1, 0.15) is 11.7 Å². The van der Waals surface area contributed by atoms with Crippen molar-refractivity contribution in [2.45, 2.75) is 64.6 Å². The maximum atomic E-state index is 13.2. The van der Waals surface area contributed by atoms with Crippen LogP contribution in [0.3, 0.4) is 0 Å². The summed E-state index contributed by atoms with van der Waals surface area (Å²) in [5.41, 5.74) is 2.41. The lowest BCUT2D eigenvalue weighted by Gasteiger charge is -2.37. The molecule has 2 aromatic rings. The number of hydrogen-bond acceptors (Lipinski definition) is 3. The zero-order valence-corrected chi connectivity index (χ0v) is 15.4. The Morgan fingerprint density at radius 3 is 2.92 bits per heavy atom. The highest BCUT2D eigenvalue weighted by Crippen LogP contribution is 2.32. The quantitative estimate of drug-likeness (QED) is 0.866. The molecule has 0 bridgehead atoms. The Hall–Kier alpha value is -2.37. The van der Waals surface area contributed by atoms with Crippen LogP contribution in [-0.2, 0) is 11.3 Å². The minimum atomic E-state index is -0.445. The molecule has 0 aromatic carbocycles. The summed E-state index contributed by atoms with van der Waals surface area (Å²) in [6, 6.07) is 1.76. The lowest BCUT2D eigenvalue weighted by Crippen LogP contribution is -2.54. The van der Waals surface area contributed by atoms with Crippen molar-refractivity contribution in [3.63, 3.8) is 0 Å². The molecule has 2 aromatic heterocycles. The summed E-state index contributed by atoms with van der Waals surface area (Å²) in [6.45, 7) is 4.58.